The predicted molar refractivity (Wildman–Crippen MR) is 118 cm³/mol. The van der Waals surface area contributed by atoms with Crippen LogP contribution >= 0.6 is 0 Å². The van der Waals surface area contributed by atoms with Gasteiger partial charge in [0.2, 0.25) is 0 Å². The van der Waals surface area contributed by atoms with E-state index in [0.29, 0.717) is 10.8 Å². The highest BCUT2D eigenvalue weighted by atomic mass is 16.2. The number of amides is 1. The van der Waals surface area contributed by atoms with Gasteiger partial charge >= 0.3 is 0 Å². The topological polar surface area (TPSA) is 74.8 Å². The zero-order chi connectivity index (χ0) is 20.8. The van der Waals surface area contributed by atoms with E-state index in [1.807, 2.05) is 48.5 Å². The van der Waals surface area contributed by atoms with E-state index in [9.17, 15) is 9.59 Å². The van der Waals surface area contributed by atoms with E-state index >= 15 is 0 Å². The van der Waals surface area contributed by atoms with Crippen molar-refractivity contribution in [1.82, 2.24) is 15.5 Å². The molecule has 4 rings (SSSR count). The van der Waals surface area contributed by atoms with Gasteiger partial charge in [-0.1, -0.05) is 78.9 Å². The van der Waals surface area contributed by atoms with Gasteiger partial charge in [-0.25, -0.2) is 5.10 Å². The smallest absolute Gasteiger partial charge is 0.272 e. The van der Waals surface area contributed by atoms with E-state index in [2.05, 4.69) is 27.6 Å². The third-order valence-electron chi connectivity index (χ3n) is 5.22. The van der Waals surface area contributed by atoms with Crippen LogP contribution in [-0.4, -0.2) is 16.1 Å². The highest BCUT2D eigenvalue weighted by molar-refractivity contribution is 6.04. The highest BCUT2D eigenvalue weighted by Crippen LogP contribution is 2.21. The lowest BCUT2D eigenvalue weighted by Gasteiger charge is -2.19. The van der Waals surface area contributed by atoms with Crippen LogP contribution in [0.2, 0.25) is 0 Å². The van der Waals surface area contributed by atoms with Gasteiger partial charge in [0.05, 0.1) is 11.4 Å². The molecule has 0 spiro atoms. The van der Waals surface area contributed by atoms with Crippen molar-refractivity contribution in [3.8, 4) is 0 Å². The van der Waals surface area contributed by atoms with Crippen LogP contribution in [0.1, 0.15) is 40.5 Å². The number of nitrogens with zero attached hydrogens (tertiary/aromatic N) is 1. The largest absolute Gasteiger partial charge is 0.344 e. The molecular formula is C25H23N3O2. The molecule has 0 saturated heterocycles. The Kier molecular flexibility index (Phi) is 5.99. The third-order valence-corrected chi connectivity index (χ3v) is 5.22. The minimum atomic E-state index is -0.301. The zero-order valence-electron chi connectivity index (χ0n) is 16.5. The normalized spacial score (nSPS) is 11.9. The second-order valence-corrected chi connectivity index (χ2v) is 7.26. The van der Waals surface area contributed by atoms with Crippen LogP contribution in [0.5, 0.6) is 0 Å². The standard InChI is InChI=1S/C25H23N3O2/c29-24-21-16-8-7-15-20(21)23(27-28-24)25(30)26-22(19-13-5-2-6-14-19)17-9-12-18-10-3-1-4-11-18/h1-8,10-11,13-16,22H,9,12,17H2,(H,26,30)(H,28,29). The maximum atomic E-state index is 13.1. The minimum Gasteiger partial charge on any atom is -0.344 e. The van der Waals surface area contributed by atoms with Crippen molar-refractivity contribution < 1.29 is 4.79 Å². The molecule has 1 atom stereocenters. The molecule has 5 nitrogen and oxygen atoms in total. The summed E-state index contributed by atoms with van der Waals surface area (Å²) in [5.41, 5.74) is 2.26. The lowest BCUT2D eigenvalue weighted by molar-refractivity contribution is 0.0930. The monoisotopic (exact) mass is 397 g/mol. The van der Waals surface area contributed by atoms with Crippen LogP contribution in [0, 0.1) is 0 Å². The number of hydrogen-bond donors (Lipinski definition) is 2. The average Bonchev–Trinajstić information content (AvgIpc) is 2.80. The predicted octanol–water partition coefficient (Wildman–Crippen LogP) is 4.42. The lowest BCUT2D eigenvalue weighted by atomic mass is 9.98. The Labute approximate surface area is 174 Å². The van der Waals surface area contributed by atoms with Crippen LogP contribution in [0.25, 0.3) is 10.8 Å². The third kappa shape index (κ3) is 4.46. The molecule has 1 unspecified atom stereocenters. The summed E-state index contributed by atoms with van der Waals surface area (Å²) in [4.78, 5) is 25.1. The van der Waals surface area contributed by atoms with E-state index in [4.69, 9.17) is 0 Å². The van der Waals surface area contributed by atoms with Crippen LogP contribution in [0.3, 0.4) is 0 Å². The van der Waals surface area contributed by atoms with Crippen molar-refractivity contribution in [3.05, 3.63) is 112 Å². The van der Waals surface area contributed by atoms with Gasteiger partial charge in [-0.2, -0.15) is 5.10 Å². The highest BCUT2D eigenvalue weighted by Gasteiger charge is 2.19. The van der Waals surface area contributed by atoms with Gasteiger partial charge in [-0.05, 0) is 36.5 Å². The first-order valence-electron chi connectivity index (χ1n) is 10.1. The molecule has 4 aromatic rings. The first kappa shape index (κ1) is 19.6. The second-order valence-electron chi connectivity index (χ2n) is 7.26. The Morgan fingerprint density at radius 1 is 0.867 bits per heavy atom. The lowest BCUT2D eigenvalue weighted by Crippen LogP contribution is -2.30. The van der Waals surface area contributed by atoms with Crippen molar-refractivity contribution >= 4 is 16.7 Å². The minimum absolute atomic E-state index is 0.144. The number of carbonyl (C=O) groups excluding carboxylic acids is 1. The summed E-state index contributed by atoms with van der Waals surface area (Å²) in [5.74, 6) is -0.295. The number of aryl methyl sites for hydroxylation is 1. The molecule has 0 fully saturated rings. The van der Waals surface area contributed by atoms with Gasteiger partial charge in [0.15, 0.2) is 5.69 Å². The fourth-order valence-electron chi connectivity index (χ4n) is 3.68. The van der Waals surface area contributed by atoms with Gasteiger partial charge in [-0.3, -0.25) is 9.59 Å². The first-order valence-corrected chi connectivity index (χ1v) is 10.1. The maximum Gasteiger partial charge on any atom is 0.272 e. The van der Waals surface area contributed by atoms with E-state index in [1.54, 1.807) is 24.3 Å². The molecule has 0 bridgehead atoms. The fraction of sp³-hybridized carbons (Fsp3) is 0.160. The molecule has 1 aromatic heterocycles. The van der Waals surface area contributed by atoms with Crippen molar-refractivity contribution in [2.75, 3.05) is 0 Å². The molecule has 30 heavy (non-hydrogen) atoms. The van der Waals surface area contributed by atoms with Gasteiger partial charge in [0.1, 0.15) is 0 Å². The van der Waals surface area contributed by atoms with E-state index in [-0.39, 0.29) is 23.2 Å². The van der Waals surface area contributed by atoms with Crippen LogP contribution in [-0.2, 0) is 6.42 Å². The number of aromatic amines is 1. The molecular weight excluding hydrogens is 374 g/mol. The van der Waals surface area contributed by atoms with Crippen molar-refractivity contribution in [2.45, 2.75) is 25.3 Å². The van der Waals surface area contributed by atoms with E-state index in [1.165, 1.54) is 5.56 Å². The summed E-state index contributed by atoms with van der Waals surface area (Å²) in [6.07, 6.45) is 2.68. The number of H-pyrrole nitrogens is 1. The Bertz CT molecular complexity index is 1190. The number of fused-ring (bicyclic) bond motifs is 1. The molecule has 0 aliphatic heterocycles. The van der Waals surface area contributed by atoms with E-state index in [0.717, 1.165) is 24.8 Å². The van der Waals surface area contributed by atoms with Crippen LogP contribution in [0.4, 0.5) is 0 Å². The SMILES string of the molecule is O=C(NC(CCCc1ccccc1)c1ccccc1)c1n[nH]c(=O)c2ccccc12. The Balaban J connectivity index is 1.55. The first-order chi connectivity index (χ1) is 14.7. The maximum absolute atomic E-state index is 13.1. The number of aromatic nitrogens is 2. The molecule has 0 aliphatic rings. The molecule has 0 aliphatic carbocycles. The second kappa shape index (κ2) is 9.18. The Morgan fingerprint density at radius 2 is 1.50 bits per heavy atom. The molecule has 2 N–H and O–H groups in total. The summed E-state index contributed by atoms with van der Waals surface area (Å²) < 4.78 is 0. The van der Waals surface area contributed by atoms with Gasteiger partial charge in [0.25, 0.3) is 11.5 Å². The average molecular weight is 397 g/mol. The summed E-state index contributed by atoms with van der Waals surface area (Å²) in [6, 6.07) is 27.1. The number of nitrogens with one attached hydrogen (secondary N) is 2. The quantitative estimate of drug-likeness (QED) is 0.485. The van der Waals surface area contributed by atoms with Crippen molar-refractivity contribution in [2.24, 2.45) is 0 Å². The van der Waals surface area contributed by atoms with Crippen molar-refractivity contribution in [3.63, 3.8) is 0 Å². The number of carbonyl (C=O) groups is 1. The van der Waals surface area contributed by atoms with E-state index < -0.39 is 0 Å². The number of benzene rings is 3. The molecule has 150 valence electrons. The van der Waals surface area contributed by atoms with Gasteiger partial charge in [-0.15, -0.1) is 0 Å². The van der Waals surface area contributed by atoms with Gasteiger partial charge in [0, 0.05) is 5.39 Å². The molecule has 1 amide bonds. The molecule has 5 heteroatoms. The Hall–Kier alpha value is -3.73. The fourth-order valence-corrected chi connectivity index (χ4v) is 3.68. The number of hydrogen-bond acceptors (Lipinski definition) is 3. The molecule has 3 aromatic carbocycles. The summed E-state index contributed by atoms with van der Waals surface area (Å²) >= 11 is 0. The van der Waals surface area contributed by atoms with Crippen LogP contribution in [0.15, 0.2) is 89.7 Å². The number of rotatable bonds is 7. The molecule has 1 heterocycles. The summed E-state index contributed by atoms with van der Waals surface area (Å²) in [5, 5.41) is 10.6. The zero-order valence-corrected chi connectivity index (χ0v) is 16.5. The molecule has 0 radical (unpaired) electrons. The summed E-state index contributed by atoms with van der Waals surface area (Å²) in [7, 11) is 0. The van der Waals surface area contributed by atoms with Crippen molar-refractivity contribution in [1.29, 1.82) is 0 Å². The van der Waals surface area contributed by atoms with Crippen LogP contribution < -0.4 is 10.9 Å². The summed E-state index contributed by atoms with van der Waals surface area (Å²) in [6.45, 7) is 0. The van der Waals surface area contributed by atoms with Gasteiger partial charge < -0.3 is 5.32 Å². The molecule has 0 saturated carbocycles. The Morgan fingerprint density at radius 3 is 2.23 bits per heavy atom.